The monoisotopic (exact) mass is 227 g/mol. The van der Waals surface area contributed by atoms with Crippen LogP contribution in [0.1, 0.15) is 20.3 Å². The van der Waals surface area contributed by atoms with Crippen molar-refractivity contribution in [2.45, 2.75) is 38.3 Å². The van der Waals surface area contributed by atoms with E-state index in [2.05, 4.69) is 5.32 Å². The number of nitrogens with one attached hydrogen (secondary N) is 1. The Balaban J connectivity index is 2.48. The molecule has 1 fully saturated rings. The highest BCUT2D eigenvalue weighted by atomic mass is 32.2. The molecule has 0 aromatic heterocycles. The minimum Gasteiger partial charge on any atom is -0.305 e. The summed E-state index contributed by atoms with van der Waals surface area (Å²) >= 11 is 0. The molecular formula is C8H15F2NO2S. The Morgan fingerprint density at radius 2 is 2.07 bits per heavy atom. The average molecular weight is 227 g/mol. The van der Waals surface area contributed by atoms with Gasteiger partial charge in [-0.3, -0.25) is 0 Å². The van der Waals surface area contributed by atoms with E-state index in [0.29, 0.717) is 6.42 Å². The van der Waals surface area contributed by atoms with Gasteiger partial charge in [0, 0.05) is 13.0 Å². The summed E-state index contributed by atoms with van der Waals surface area (Å²) in [5.74, 6) is -2.73. The largest absolute Gasteiger partial charge is 0.305 e. The molecule has 1 saturated heterocycles. The highest BCUT2D eigenvalue weighted by Crippen LogP contribution is 2.19. The number of hydrogen-bond acceptors (Lipinski definition) is 3. The Labute approximate surface area is 82.8 Å². The van der Waals surface area contributed by atoms with Gasteiger partial charge in [-0.1, -0.05) is 0 Å². The van der Waals surface area contributed by atoms with Gasteiger partial charge in [-0.2, -0.15) is 0 Å². The second kappa shape index (κ2) is 3.73. The van der Waals surface area contributed by atoms with E-state index in [1.54, 1.807) is 0 Å². The Morgan fingerprint density at radius 3 is 2.43 bits per heavy atom. The van der Waals surface area contributed by atoms with Crippen molar-refractivity contribution in [1.82, 2.24) is 5.32 Å². The summed E-state index contributed by atoms with van der Waals surface area (Å²) in [7, 11) is -2.99. The summed E-state index contributed by atoms with van der Waals surface area (Å²) in [6.45, 7) is 2.19. The van der Waals surface area contributed by atoms with Crippen molar-refractivity contribution in [3.8, 4) is 0 Å². The van der Waals surface area contributed by atoms with Crippen LogP contribution in [-0.2, 0) is 9.84 Å². The summed E-state index contributed by atoms with van der Waals surface area (Å²) in [6.07, 6.45) is 0.433. The van der Waals surface area contributed by atoms with Crippen LogP contribution in [0.4, 0.5) is 8.78 Å². The van der Waals surface area contributed by atoms with E-state index >= 15 is 0 Å². The van der Waals surface area contributed by atoms with Crippen LogP contribution in [0, 0.1) is 0 Å². The zero-order chi connectivity index (χ0) is 11.0. The molecule has 1 rings (SSSR count). The first-order chi connectivity index (χ1) is 6.21. The fourth-order valence-corrected chi connectivity index (χ4v) is 3.11. The van der Waals surface area contributed by atoms with Gasteiger partial charge in [-0.05, 0) is 13.3 Å². The van der Waals surface area contributed by atoms with Crippen LogP contribution in [0.3, 0.4) is 0 Å². The third-order valence-corrected chi connectivity index (χ3v) is 4.25. The molecule has 0 saturated carbocycles. The molecule has 0 radical (unpaired) electrons. The SMILES string of the molecule is CC(NC1CCS(=O)(=O)C1)C(C)(F)F. The summed E-state index contributed by atoms with van der Waals surface area (Å²) in [4.78, 5) is 0. The summed E-state index contributed by atoms with van der Waals surface area (Å²) in [5.41, 5.74) is 0. The van der Waals surface area contributed by atoms with Crippen molar-refractivity contribution in [2.75, 3.05) is 11.5 Å². The first-order valence-electron chi connectivity index (χ1n) is 4.55. The quantitative estimate of drug-likeness (QED) is 0.776. The van der Waals surface area contributed by atoms with Crippen molar-refractivity contribution in [2.24, 2.45) is 0 Å². The summed E-state index contributed by atoms with van der Waals surface area (Å²) in [5, 5.41) is 2.65. The van der Waals surface area contributed by atoms with Gasteiger partial charge in [0.2, 0.25) is 0 Å². The second-order valence-corrected chi connectivity index (χ2v) is 6.17. The maximum absolute atomic E-state index is 12.7. The third-order valence-electron chi connectivity index (χ3n) is 2.48. The molecule has 6 heteroatoms. The van der Waals surface area contributed by atoms with E-state index in [9.17, 15) is 17.2 Å². The lowest BCUT2D eigenvalue weighted by Crippen LogP contribution is -2.46. The predicted molar refractivity (Wildman–Crippen MR) is 50.3 cm³/mol. The molecule has 3 nitrogen and oxygen atoms in total. The van der Waals surface area contributed by atoms with Gasteiger partial charge in [-0.25, -0.2) is 17.2 Å². The molecule has 0 bridgehead atoms. The first-order valence-corrected chi connectivity index (χ1v) is 6.37. The third kappa shape index (κ3) is 3.16. The van der Waals surface area contributed by atoms with Gasteiger partial charge in [0.1, 0.15) is 0 Å². The zero-order valence-corrected chi connectivity index (χ0v) is 9.07. The van der Waals surface area contributed by atoms with Crippen LogP contribution in [0.25, 0.3) is 0 Å². The van der Waals surface area contributed by atoms with Gasteiger partial charge in [0.05, 0.1) is 17.5 Å². The van der Waals surface area contributed by atoms with Crippen molar-refractivity contribution in [3.63, 3.8) is 0 Å². The highest BCUT2D eigenvalue weighted by molar-refractivity contribution is 7.91. The van der Waals surface area contributed by atoms with Gasteiger partial charge >= 0.3 is 0 Å². The number of sulfone groups is 1. The van der Waals surface area contributed by atoms with Gasteiger partial charge < -0.3 is 5.32 Å². The fourth-order valence-electron chi connectivity index (χ4n) is 1.43. The van der Waals surface area contributed by atoms with Crippen molar-refractivity contribution in [3.05, 3.63) is 0 Å². The smallest absolute Gasteiger partial charge is 0.260 e. The highest BCUT2D eigenvalue weighted by Gasteiger charge is 2.35. The number of alkyl halides is 2. The predicted octanol–water partition coefficient (Wildman–Crippen LogP) is 0.807. The summed E-state index contributed by atoms with van der Waals surface area (Å²) in [6, 6.07) is -1.30. The Kier molecular flexibility index (Phi) is 3.16. The van der Waals surface area contributed by atoms with E-state index < -0.39 is 21.8 Å². The average Bonchev–Trinajstić information content (AvgIpc) is 2.28. The molecule has 0 aliphatic carbocycles. The molecule has 0 spiro atoms. The van der Waals surface area contributed by atoms with Crippen LogP contribution in [-0.4, -0.2) is 37.9 Å². The Bertz CT molecular complexity index is 297. The fraction of sp³-hybridized carbons (Fsp3) is 1.00. The summed E-state index contributed by atoms with van der Waals surface area (Å²) < 4.78 is 47.6. The van der Waals surface area contributed by atoms with E-state index in [0.717, 1.165) is 6.92 Å². The minimum atomic E-state index is -2.99. The standard InChI is InChI=1S/C8H15F2NO2S/c1-6(8(2,9)10)11-7-3-4-14(12,13)5-7/h6-7,11H,3-5H2,1-2H3. The van der Waals surface area contributed by atoms with Crippen molar-refractivity contribution >= 4 is 9.84 Å². The van der Waals surface area contributed by atoms with Crippen LogP contribution >= 0.6 is 0 Å². The Morgan fingerprint density at radius 1 is 1.50 bits per heavy atom. The van der Waals surface area contributed by atoms with E-state index in [1.165, 1.54) is 6.92 Å². The minimum absolute atomic E-state index is 0.0204. The maximum atomic E-state index is 12.7. The molecule has 1 aliphatic heterocycles. The molecule has 1 aliphatic rings. The lowest BCUT2D eigenvalue weighted by Gasteiger charge is -2.23. The second-order valence-electron chi connectivity index (χ2n) is 3.94. The maximum Gasteiger partial charge on any atom is 0.260 e. The van der Waals surface area contributed by atoms with Crippen LogP contribution in [0.5, 0.6) is 0 Å². The van der Waals surface area contributed by atoms with Gasteiger partial charge in [0.25, 0.3) is 5.92 Å². The van der Waals surface area contributed by atoms with E-state index in [-0.39, 0.29) is 17.5 Å². The van der Waals surface area contributed by atoms with E-state index in [1.807, 2.05) is 0 Å². The normalized spacial score (nSPS) is 29.0. The molecule has 2 atom stereocenters. The number of rotatable bonds is 3. The van der Waals surface area contributed by atoms with Crippen LogP contribution in [0.15, 0.2) is 0 Å². The first kappa shape index (κ1) is 11.8. The van der Waals surface area contributed by atoms with Gasteiger partial charge in [0.15, 0.2) is 9.84 Å². The molecule has 0 amide bonds. The van der Waals surface area contributed by atoms with Crippen LogP contribution in [0.2, 0.25) is 0 Å². The van der Waals surface area contributed by atoms with Crippen molar-refractivity contribution in [1.29, 1.82) is 0 Å². The molecule has 0 aromatic carbocycles. The molecule has 14 heavy (non-hydrogen) atoms. The lowest BCUT2D eigenvalue weighted by atomic mass is 10.1. The Hall–Kier alpha value is -0.230. The number of halogens is 2. The number of hydrogen-bond donors (Lipinski definition) is 1. The van der Waals surface area contributed by atoms with Crippen LogP contribution < -0.4 is 5.32 Å². The topological polar surface area (TPSA) is 46.2 Å². The molecule has 1 N–H and O–H groups in total. The molecule has 2 unspecified atom stereocenters. The molecule has 84 valence electrons. The van der Waals surface area contributed by atoms with E-state index in [4.69, 9.17) is 0 Å². The van der Waals surface area contributed by atoms with Crippen molar-refractivity contribution < 1.29 is 17.2 Å². The zero-order valence-electron chi connectivity index (χ0n) is 8.26. The molecular weight excluding hydrogens is 212 g/mol. The van der Waals surface area contributed by atoms with Gasteiger partial charge in [-0.15, -0.1) is 0 Å². The molecule has 0 aromatic rings. The lowest BCUT2D eigenvalue weighted by molar-refractivity contribution is -0.0148. The molecule has 1 heterocycles.